The third-order valence-electron chi connectivity index (χ3n) is 4.40. The van der Waals surface area contributed by atoms with E-state index < -0.39 is 9.84 Å². The lowest BCUT2D eigenvalue weighted by atomic mass is 10.1. The molecular formula is C17H21N3O3S. The lowest BCUT2D eigenvalue weighted by molar-refractivity contribution is 0.0947. The molecule has 0 aliphatic carbocycles. The molecule has 2 heterocycles. The van der Waals surface area contributed by atoms with Gasteiger partial charge in [-0.3, -0.25) is 4.79 Å². The van der Waals surface area contributed by atoms with Crippen molar-refractivity contribution in [3.8, 4) is 5.69 Å². The van der Waals surface area contributed by atoms with Gasteiger partial charge in [-0.1, -0.05) is 18.2 Å². The number of rotatable bonds is 4. The Labute approximate surface area is 141 Å². The lowest BCUT2D eigenvalue weighted by Crippen LogP contribution is -2.30. The van der Waals surface area contributed by atoms with E-state index in [1.54, 1.807) is 11.6 Å². The number of benzene rings is 1. The van der Waals surface area contributed by atoms with Crippen molar-refractivity contribution in [1.29, 1.82) is 0 Å². The highest BCUT2D eigenvalue weighted by atomic mass is 32.2. The molecule has 1 aromatic carbocycles. The summed E-state index contributed by atoms with van der Waals surface area (Å²) in [6, 6.07) is 9.64. The fourth-order valence-electron chi connectivity index (χ4n) is 3.15. The van der Waals surface area contributed by atoms with E-state index in [1.165, 1.54) is 0 Å². The summed E-state index contributed by atoms with van der Waals surface area (Å²) in [7, 11) is -2.92. The Morgan fingerprint density at radius 1 is 1.29 bits per heavy atom. The van der Waals surface area contributed by atoms with Crippen molar-refractivity contribution in [2.45, 2.75) is 20.3 Å². The molecule has 0 bridgehead atoms. The van der Waals surface area contributed by atoms with E-state index in [1.807, 2.05) is 37.3 Å². The average molecular weight is 347 g/mol. The lowest BCUT2D eigenvalue weighted by Gasteiger charge is -2.10. The van der Waals surface area contributed by atoms with Gasteiger partial charge < -0.3 is 5.32 Å². The van der Waals surface area contributed by atoms with Gasteiger partial charge in [-0.05, 0) is 38.3 Å². The fraction of sp³-hybridized carbons (Fsp3) is 0.412. The first-order chi connectivity index (χ1) is 11.4. The predicted molar refractivity (Wildman–Crippen MR) is 92.1 cm³/mol. The van der Waals surface area contributed by atoms with Gasteiger partial charge in [0.15, 0.2) is 9.84 Å². The number of carbonyl (C=O) groups excluding carboxylic acids is 1. The highest BCUT2D eigenvalue weighted by Crippen LogP contribution is 2.20. The molecule has 2 aromatic rings. The molecule has 1 amide bonds. The van der Waals surface area contributed by atoms with Gasteiger partial charge in [0, 0.05) is 6.54 Å². The standard InChI is InChI=1S/C17H21N3O3S/c1-12-16(13(2)20(19-12)15-6-4-3-5-7-15)17(21)18-10-14-8-9-24(22,23)11-14/h3-7,14H,8-11H2,1-2H3,(H,18,21)/t14-/m0/s1. The van der Waals surface area contributed by atoms with Crippen molar-refractivity contribution >= 4 is 15.7 Å². The molecule has 0 unspecified atom stereocenters. The first-order valence-electron chi connectivity index (χ1n) is 7.97. The minimum atomic E-state index is -2.92. The number of para-hydroxylation sites is 1. The molecular weight excluding hydrogens is 326 g/mol. The number of aromatic nitrogens is 2. The van der Waals surface area contributed by atoms with Crippen molar-refractivity contribution in [3.63, 3.8) is 0 Å². The maximum Gasteiger partial charge on any atom is 0.255 e. The summed E-state index contributed by atoms with van der Waals surface area (Å²) in [4.78, 5) is 12.5. The van der Waals surface area contributed by atoms with E-state index in [0.717, 1.165) is 11.4 Å². The molecule has 1 saturated heterocycles. The van der Waals surface area contributed by atoms with Gasteiger partial charge in [-0.2, -0.15) is 5.10 Å². The summed E-state index contributed by atoms with van der Waals surface area (Å²) >= 11 is 0. The number of hydrogen-bond acceptors (Lipinski definition) is 4. The van der Waals surface area contributed by atoms with Crippen molar-refractivity contribution in [2.75, 3.05) is 18.1 Å². The number of nitrogens with one attached hydrogen (secondary N) is 1. The smallest absolute Gasteiger partial charge is 0.255 e. The van der Waals surface area contributed by atoms with Crippen LogP contribution in [0.5, 0.6) is 0 Å². The molecule has 3 rings (SSSR count). The number of carbonyl (C=O) groups is 1. The second kappa shape index (κ2) is 6.39. The fourth-order valence-corrected chi connectivity index (χ4v) is 5.01. The summed E-state index contributed by atoms with van der Waals surface area (Å²) < 4.78 is 24.8. The average Bonchev–Trinajstić information content (AvgIpc) is 3.05. The van der Waals surface area contributed by atoms with Crippen LogP contribution in [0, 0.1) is 19.8 Å². The van der Waals surface area contributed by atoms with Crippen LogP contribution >= 0.6 is 0 Å². The Morgan fingerprint density at radius 3 is 2.62 bits per heavy atom. The third kappa shape index (κ3) is 3.36. The third-order valence-corrected chi connectivity index (χ3v) is 6.23. The van der Waals surface area contributed by atoms with Gasteiger partial charge >= 0.3 is 0 Å². The molecule has 1 aromatic heterocycles. The second-order valence-corrected chi connectivity index (χ2v) is 8.50. The van der Waals surface area contributed by atoms with Crippen LogP contribution in [0.2, 0.25) is 0 Å². The van der Waals surface area contributed by atoms with Crippen LogP contribution in [-0.2, 0) is 9.84 Å². The van der Waals surface area contributed by atoms with E-state index in [-0.39, 0.29) is 23.3 Å². The molecule has 128 valence electrons. The molecule has 1 atom stereocenters. The number of aryl methyl sites for hydroxylation is 1. The Morgan fingerprint density at radius 2 is 2.00 bits per heavy atom. The monoisotopic (exact) mass is 347 g/mol. The molecule has 1 N–H and O–H groups in total. The zero-order chi connectivity index (χ0) is 17.3. The molecule has 6 nitrogen and oxygen atoms in total. The van der Waals surface area contributed by atoms with Crippen molar-refractivity contribution in [3.05, 3.63) is 47.3 Å². The van der Waals surface area contributed by atoms with Crippen molar-refractivity contribution in [2.24, 2.45) is 5.92 Å². The Kier molecular flexibility index (Phi) is 4.45. The molecule has 0 saturated carbocycles. The first-order valence-corrected chi connectivity index (χ1v) is 9.80. The first kappa shape index (κ1) is 16.7. The maximum atomic E-state index is 12.5. The van der Waals surface area contributed by atoms with Gasteiger partial charge in [0.25, 0.3) is 5.91 Å². The normalized spacial score (nSPS) is 19.3. The van der Waals surface area contributed by atoms with Crippen LogP contribution in [0.25, 0.3) is 5.69 Å². The van der Waals surface area contributed by atoms with E-state index >= 15 is 0 Å². The van der Waals surface area contributed by atoms with E-state index in [4.69, 9.17) is 0 Å². The van der Waals surface area contributed by atoms with Gasteiger partial charge in [0.1, 0.15) is 0 Å². The topological polar surface area (TPSA) is 81.1 Å². The summed E-state index contributed by atoms with van der Waals surface area (Å²) in [5, 5.41) is 7.33. The summed E-state index contributed by atoms with van der Waals surface area (Å²) in [6.07, 6.45) is 0.615. The molecule has 0 spiro atoms. The number of nitrogens with zero attached hydrogens (tertiary/aromatic N) is 2. The Hall–Kier alpha value is -2.15. The molecule has 0 radical (unpaired) electrons. The number of hydrogen-bond donors (Lipinski definition) is 1. The maximum absolute atomic E-state index is 12.5. The molecule has 1 fully saturated rings. The SMILES string of the molecule is Cc1nn(-c2ccccc2)c(C)c1C(=O)NC[C@@H]1CCS(=O)(=O)C1. The van der Waals surface area contributed by atoms with Crippen molar-refractivity contribution < 1.29 is 13.2 Å². The minimum absolute atomic E-state index is 0.00345. The molecule has 24 heavy (non-hydrogen) atoms. The van der Waals surface area contributed by atoms with Crippen LogP contribution in [0.4, 0.5) is 0 Å². The van der Waals surface area contributed by atoms with Gasteiger partial charge in [0.2, 0.25) is 0 Å². The number of amides is 1. The molecule has 1 aliphatic rings. The van der Waals surface area contributed by atoms with E-state index in [9.17, 15) is 13.2 Å². The second-order valence-electron chi connectivity index (χ2n) is 6.27. The van der Waals surface area contributed by atoms with Crippen LogP contribution in [0.3, 0.4) is 0 Å². The summed E-state index contributed by atoms with van der Waals surface area (Å²) in [5.41, 5.74) is 2.89. The van der Waals surface area contributed by atoms with E-state index in [2.05, 4.69) is 10.4 Å². The number of sulfone groups is 1. The van der Waals surface area contributed by atoms with Gasteiger partial charge in [-0.15, -0.1) is 0 Å². The van der Waals surface area contributed by atoms with Crippen LogP contribution < -0.4 is 5.32 Å². The zero-order valence-electron chi connectivity index (χ0n) is 13.8. The van der Waals surface area contributed by atoms with E-state index in [0.29, 0.717) is 24.2 Å². The minimum Gasteiger partial charge on any atom is -0.352 e. The Bertz CT molecular complexity index is 857. The van der Waals surface area contributed by atoms with Crippen molar-refractivity contribution in [1.82, 2.24) is 15.1 Å². The Balaban J connectivity index is 1.75. The summed E-state index contributed by atoms with van der Waals surface area (Å²) in [5.74, 6) is 0.187. The zero-order valence-corrected chi connectivity index (χ0v) is 14.6. The highest BCUT2D eigenvalue weighted by Gasteiger charge is 2.28. The van der Waals surface area contributed by atoms with Crippen LogP contribution in [0.15, 0.2) is 30.3 Å². The predicted octanol–water partition coefficient (Wildman–Crippen LogP) is 1.65. The summed E-state index contributed by atoms with van der Waals surface area (Å²) in [6.45, 7) is 4.05. The largest absolute Gasteiger partial charge is 0.352 e. The highest BCUT2D eigenvalue weighted by molar-refractivity contribution is 7.91. The van der Waals surface area contributed by atoms with Crippen LogP contribution in [-0.4, -0.2) is 42.2 Å². The quantitative estimate of drug-likeness (QED) is 0.912. The van der Waals surface area contributed by atoms with Gasteiger partial charge in [0.05, 0.1) is 34.1 Å². The molecule has 1 aliphatic heterocycles. The molecule has 7 heteroatoms. The van der Waals surface area contributed by atoms with Gasteiger partial charge in [-0.25, -0.2) is 13.1 Å². The van der Waals surface area contributed by atoms with Crippen LogP contribution in [0.1, 0.15) is 28.2 Å².